The number of carbonyl (C=O) groups excluding carboxylic acids is 1. The molecule has 1 saturated heterocycles. The van der Waals surface area contributed by atoms with Gasteiger partial charge in [0.2, 0.25) is 5.91 Å². The van der Waals surface area contributed by atoms with E-state index in [1.807, 2.05) is 6.92 Å². The van der Waals surface area contributed by atoms with Crippen LogP contribution in [-0.2, 0) is 15.6 Å². The number of hydrogen-bond donors (Lipinski definition) is 1. The lowest BCUT2D eigenvalue weighted by atomic mass is 10.3. The van der Waals surface area contributed by atoms with Gasteiger partial charge in [-0.1, -0.05) is 0 Å². The Labute approximate surface area is 114 Å². The molecule has 1 aliphatic heterocycles. The van der Waals surface area contributed by atoms with Crippen LogP contribution in [0.15, 0.2) is 12.1 Å². The summed E-state index contributed by atoms with van der Waals surface area (Å²) in [5.41, 5.74) is 0. The summed E-state index contributed by atoms with van der Waals surface area (Å²) in [7, 11) is -0.872. The molecule has 0 radical (unpaired) electrons. The fraction of sp³-hybridized carbons (Fsp3) is 0.583. The van der Waals surface area contributed by atoms with Gasteiger partial charge >= 0.3 is 0 Å². The van der Waals surface area contributed by atoms with E-state index in [1.165, 1.54) is 4.88 Å². The minimum Gasteiger partial charge on any atom is -0.320 e. The highest BCUT2D eigenvalue weighted by atomic mass is 32.2. The summed E-state index contributed by atoms with van der Waals surface area (Å²) in [6.07, 6.45) is 1.61. The monoisotopic (exact) mass is 286 g/mol. The molecule has 4 nitrogen and oxygen atoms in total. The maximum absolute atomic E-state index is 12.1. The second-order valence-corrected chi connectivity index (χ2v) is 7.42. The van der Waals surface area contributed by atoms with E-state index < -0.39 is 10.8 Å². The molecule has 2 rings (SSSR count). The van der Waals surface area contributed by atoms with Crippen molar-refractivity contribution in [2.24, 2.45) is 0 Å². The average Bonchev–Trinajstić information content (AvgIpc) is 2.83. The zero-order chi connectivity index (χ0) is 13.3. The summed E-state index contributed by atoms with van der Waals surface area (Å²) in [4.78, 5) is 16.3. The predicted octanol–water partition coefficient (Wildman–Crippen LogP) is 1.25. The van der Waals surface area contributed by atoms with Crippen LogP contribution in [0.3, 0.4) is 0 Å². The lowest BCUT2D eigenvalue weighted by Gasteiger charge is -2.22. The van der Waals surface area contributed by atoms with Crippen molar-refractivity contribution in [2.75, 3.05) is 18.6 Å². The Bertz CT molecular complexity index is 472. The van der Waals surface area contributed by atoms with Crippen LogP contribution in [0.5, 0.6) is 0 Å². The highest BCUT2D eigenvalue weighted by Gasteiger charge is 2.37. The SMILES string of the molecule is Cc1ccc(C2NC(C)C(=O)N2CCS(C)=O)s1. The van der Waals surface area contributed by atoms with Crippen molar-refractivity contribution < 1.29 is 9.00 Å². The number of carbonyl (C=O) groups is 1. The molecule has 2 heterocycles. The van der Waals surface area contributed by atoms with Crippen molar-refractivity contribution in [3.8, 4) is 0 Å². The third-order valence-corrected chi connectivity index (χ3v) is 4.83. The van der Waals surface area contributed by atoms with Crippen LogP contribution in [0.2, 0.25) is 0 Å². The van der Waals surface area contributed by atoms with Gasteiger partial charge < -0.3 is 4.90 Å². The topological polar surface area (TPSA) is 49.4 Å². The standard InChI is InChI=1S/C12H18N2O2S2/c1-8-4-5-10(17-8)11-13-9(2)12(15)14(11)6-7-18(3)16/h4-5,9,11,13H,6-7H2,1-3H3. The number of rotatable bonds is 4. The largest absolute Gasteiger partial charge is 0.320 e. The number of nitrogens with one attached hydrogen (secondary N) is 1. The lowest BCUT2D eigenvalue weighted by molar-refractivity contribution is -0.129. The second kappa shape index (κ2) is 5.50. The summed E-state index contributed by atoms with van der Waals surface area (Å²) < 4.78 is 11.2. The molecular formula is C12H18N2O2S2. The first kappa shape index (κ1) is 13.7. The van der Waals surface area contributed by atoms with E-state index >= 15 is 0 Å². The number of thiophene rings is 1. The van der Waals surface area contributed by atoms with Gasteiger partial charge in [0.05, 0.1) is 6.04 Å². The van der Waals surface area contributed by atoms with E-state index in [4.69, 9.17) is 0 Å². The Morgan fingerprint density at radius 3 is 2.78 bits per heavy atom. The van der Waals surface area contributed by atoms with Gasteiger partial charge in [-0.25, -0.2) is 0 Å². The van der Waals surface area contributed by atoms with E-state index in [9.17, 15) is 9.00 Å². The third kappa shape index (κ3) is 2.81. The smallest absolute Gasteiger partial charge is 0.241 e. The molecule has 0 spiro atoms. The van der Waals surface area contributed by atoms with Crippen LogP contribution in [0, 0.1) is 6.92 Å². The van der Waals surface area contributed by atoms with Crippen molar-refractivity contribution in [2.45, 2.75) is 26.1 Å². The van der Waals surface area contributed by atoms with Crippen LogP contribution in [0.4, 0.5) is 0 Å². The average molecular weight is 286 g/mol. The summed E-state index contributed by atoms with van der Waals surface area (Å²) in [5.74, 6) is 0.623. The summed E-state index contributed by atoms with van der Waals surface area (Å²) >= 11 is 1.69. The van der Waals surface area contributed by atoms with Crippen LogP contribution in [-0.4, -0.2) is 39.6 Å². The van der Waals surface area contributed by atoms with E-state index in [-0.39, 0.29) is 18.1 Å². The number of amides is 1. The van der Waals surface area contributed by atoms with E-state index in [0.29, 0.717) is 12.3 Å². The highest BCUT2D eigenvalue weighted by molar-refractivity contribution is 7.84. The highest BCUT2D eigenvalue weighted by Crippen LogP contribution is 2.30. The minimum absolute atomic E-state index is 0.0604. The van der Waals surface area contributed by atoms with Crippen LogP contribution >= 0.6 is 11.3 Å². The van der Waals surface area contributed by atoms with Gasteiger partial charge in [-0.05, 0) is 26.0 Å². The van der Waals surface area contributed by atoms with Crippen LogP contribution in [0.25, 0.3) is 0 Å². The summed E-state index contributed by atoms with van der Waals surface area (Å²) in [6, 6.07) is 3.95. The Hall–Kier alpha value is -0.720. The van der Waals surface area contributed by atoms with Crippen LogP contribution < -0.4 is 5.32 Å². The molecule has 1 aromatic heterocycles. The molecule has 1 amide bonds. The predicted molar refractivity (Wildman–Crippen MR) is 75.0 cm³/mol. The zero-order valence-electron chi connectivity index (χ0n) is 10.8. The molecule has 3 atom stereocenters. The first-order valence-corrected chi connectivity index (χ1v) is 8.46. The molecule has 1 aliphatic rings. The molecule has 0 aromatic carbocycles. The molecule has 3 unspecified atom stereocenters. The summed E-state index contributed by atoms with van der Waals surface area (Å²) in [5, 5.41) is 3.29. The van der Waals surface area contributed by atoms with Crippen molar-refractivity contribution >= 4 is 28.0 Å². The molecule has 6 heteroatoms. The Kier molecular flexibility index (Phi) is 4.19. The third-order valence-electron chi connectivity index (χ3n) is 3.02. The first-order chi connectivity index (χ1) is 8.49. The molecule has 1 aromatic rings. The Balaban J connectivity index is 2.16. The van der Waals surface area contributed by atoms with E-state index in [1.54, 1.807) is 22.5 Å². The maximum atomic E-state index is 12.1. The van der Waals surface area contributed by atoms with E-state index in [0.717, 1.165) is 4.88 Å². The van der Waals surface area contributed by atoms with Crippen molar-refractivity contribution in [3.05, 3.63) is 21.9 Å². The molecule has 1 fully saturated rings. The first-order valence-electron chi connectivity index (χ1n) is 5.92. The second-order valence-electron chi connectivity index (χ2n) is 4.55. The molecule has 0 bridgehead atoms. The molecule has 0 saturated carbocycles. The van der Waals surface area contributed by atoms with Gasteiger partial charge in [0, 0.05) is 39.1 Å². The maximum Gasteiger partial charge on any atom is 0.241 e. The zero-order valence-corrected chi connectivity index (χ0v) is 12.4. The number of hydrogen-bond acceptors (Lipinski definition) is 4. The fourth-order valence-electron chi connectivity index (χ4n) is 2.08. The van der Waals surface area contributed by atoms with Gasteiger partial charge in [0.25, 0.3) is 0 Å². The minimum atomic E-state index is -0.872. The van der Waals surface area contributed by atoms with Crippen LogP contribution in [0.1, 0.15) is 22.8 Å². The summed E-state index contributed by atoms with van der Waals surface area (Å²) in [6.45, 7) is 4.47. The Morgan fingerprint density at radius 1 is 1.50 bits per heavy atom. The molecule has 0 aliphatic carbocycles. The molecule has 18 heavy (non-hydrogen) atoms. The van der Waals surface area contributed by atoms with Gasteiger partial charge in [0.15, 0.2) is 0 Å². The molecule has 1 N–H and O–H groups in total. The number of aryl methyl sites for hydroxylation is 1. The number of nitrogens with zero attached hydrogens (tertiary/aromatic N) is 1. The van der Waals surface area contributed by atoms with E-state index in [2.05, 4.69) is 24.4 Å². The fourth-order valence-corrected chi connectivity index (χ4v) is 3.48. The van der Waals surface area contributed by atoms with Gasteiger partial charge in [-0.15, -0.1) is 11.3 Å². The molecule has 100 valence electrons. The van der Waals surface area contributed by atoms with Crippen molar-refractivity contribution in [1.29, 1.82) is 0 Å². The van der Waals surface area contributed by atoms with Gasteiger partial charge in [-0.2, -0.15) is 0 Å². The normalized spacial score (nSPS) is 25.7. The van der Waals surface area contributed by atoms with Gasteiger partial charge in [-0.3, -0.25) is 14.3 Å². The van der Waals surface area contributed by atoms with Crippen molar-refractivity contribution in [1.82, 2.24) is 10.2 Å². The van der Waals surface area contributed by atoms with Gasteiger partial charge in [0.1, 0.15) is 6.17 Å². The lowest BCUT2D eigenvalue weighted by Crippen LogP contribution is -2.33. The van der Waals surface area contributed by atoms with Crippen molar-refractivity contribution in [3.63, 3.8) is 0 Å². The Morgan fingerprint density at radius 2 is 2.22 bits per heavy atom. The quantitative estimate of drug-likeness (QED) is 0.906. The molecular weight excluding hydrogens is 268 g/mol.